The first-order valence-electron chi connectivity index (χ1n) is 4.27. The highest BCUT2D eigenvalue weighted by Gasteiger charge is 2.20. The van der Waals surface area contributed by atoms with E-state index in [1.165, 1.54) is 19.3 Å². The summed E-state index contributed by atoms with van der Waals surface area (Å²) in [6.45, 7) is 1.69. The summed E-state index contributed by atoms with van der Waals surface area (Å²) >= 11 is 4.05. The molecule has 11 heavy (non-hydrogen) atoms. The predicted molar refractivity (Wildman–Crippen MR) is 51.2 cm³/mol. The molecule has 1 fully saturated rings. The zero-order valence-electron chi connectivity index (χ0n) is 6.83. The monoisotopic (exact) mass is 172 g/mol. The van der Waals surface area contributed by atoms with Crippen LogP contribution in [0, 0.1) is 5.92 Å². The van der Waals surface area contributed by atoms with Crippen molar-refractivity contribution >= 4 is 12.6 Å². The highest BCUT2D eigenvalue weighted by atomic mass is 32.1. The zero-order chi connectivity index (χ0) is 7.94. The van der Waals surface area contributed by atoms with Crippen LogP contribution in [0.25, 0.3) is 0 Å². The van der Waals surface area contributed by atoms with Crippen molar-refractivity contribution in [1.29, 1.82) is 0 Å². The Morgan fingerprint density at radius 2 is 2.18 bits per heavy atom. The zero-order valence-corrected chi connectivity index (χ0v) is 7.72. The molecule has 1 aliphatic carbocycles. The molecule has 0 N–H and O–H groups in total. The van der Waals surface area contributed by atoms with Crippen molar-refractivity contribution in [3.05, 3.63) is 12.2 Å². The van der Waals surface area contributed by atoms with Gasteiger partial charge in [0.05, 0.1) is 6.61 Å². The molecule has 1 nitrogen and oxygen atoms in total. The van der Waals surface area contributed by atoms with Crippen LogP contribution < -0.4 is 0 Å². The summed E-state index contributed by atoms with van der Waals surface area (Å²) < 4.78 is 5.37. The van der Waals surface area contributed by atoms with Crippen LogP contribution >= 0.6 is 12.6 Å². The normalized spacial score (nSPS) is 17.9. The molecular weight excluding hydrogens is 156 g/mol. The van der Waals surface area contributed by atoms with Gasteiger partial charge in [-0.1, -0.05) is 25.0 Å². The SMILES string of the molecule is SC/C=C/COCCC1CC1. The lowest BCUT2D eigenvalue weighted by molar-refractivity contribution is 0.155. The number of hydrogen-bond donors (Lipinski definition) is 1. The van der Waals surface area contributed by atoms with Gasteiger partial charge in [0.1, 0.15) is 0 Å². The van der Waals surface area contributed by atoms with Crippen molar-refractivity contribution in [3.8, 4) is 0 Å². The summed E-state index contributed by atoms with van der Waals surface area (Å²) in [6, 6.07) is 0. The fourth-order valence-electron chi connectivity index (χ4n) is 0.950. The first kappa shape index (κ1) is 9.14. The summed E-state index contributed by atoms with van der Waals surface area (Å²) in [6.07, 6.45) is 8.15. The van der Waals surface area contributed by atoms with E-state index in [2.05, 4.69) is 12.6 Å². The fraction of sp³-hybridized carbons (Fsp3) is 0.778. The second-order valence-electron chi connectivity index (χ2n) is 2.96. The highest BCUT2D eigenvalue weighted by molar-refractivity contribution is 7.80. The Hall–Kier alpha value is 0.0500. The van der Waals surface area contributed by atoms with Gasteiger partial charge in [-0.15, -0.1) is 0 Å². The highest BCUT2D eigenvalue weighted by Crippen LogP contribution is 2.31. The Morgan fingerprint density at radius 1 is 1.36 bits per heavy atom. The molecule has 0 bridgehead atoms. The van der Waals surface area contributed by atoms with E-state index in [1.807, 2.05) is 12.2 Å². The molecule has 64 valence electrons. The van der Waals surface area contributed by atoms with Gasteiger partial charge in [-0.2, -0.15) is 12.6 Å². The largest absolute Gasteiger partial charge is 0.377 e. The summed E-state index contributed by atoms with van der Waals surface area (Å²) in [7, 11) is 0. The van der Waals surface area contributed by atoms with Gasteiger partial charge >= 0.3 is 0 Å². The third-order valence-corrected chi connectivity index (χ3v) is 2.06. The molecule has 0 heterocycles. The van der Waals surface area contributed by atoms with E-state index in [0.717, 1.165) is 24.9 Å². The molecule has 2 heteroatoms. The molecule has 0 aliphatic heterocycles. The second kappa shape index (κ2) is 5.67. The van der Waals surface area contributed by atoms with E-state index >= 15 is 0 Å². The molecular formula is C9H16OS. The van der Waals surface area contributed by atoms with Gasteiger partial charge in [-0.3, -0.25) is 0 Å². The molecule has 1 aliphatic rings. The van der Waals surface area contributed by atoms with Crippen molar-refractivity contribution < 1.29 is 4.74 Å². The molecule has 0 aromatic heterocycles. The smallest absolute Gasteiger partial charge is 0.0647 e. The number of rotatable bonds is 6. The maximum Gasteiger partial charge on any atom is 0.0647 e. The van der Waals surface area contributed by atoms with Crippen LogP contribution in [0.4, 0.5) is 0 Å². The molecule has 0 amide bonds. The van der Waals surface area contributed by atoms with Gasteiger partial charge in [0.15, 0.2) is 0 Å². The number of hydrogen-bond acceptors (Lipinski definition) is 2. The number of ether oxygens (including phenoxy) is 1. The van der Waals surface area contributed by atoms with Crippen molar-refractivity contribution in [1.82, 2.24) is 0 Å². The Kier molecular flexibility index (Phi) is 4.71. The second-order valence-corrected chi connectivity index (χ2v) is 3.33. The van der Waals surface area contributed by atoms with Crippen LogP contribution in [0.3, 0.4) is 0 Å². The van der Waals surface area contributed by atoms with E-state index in [0.29, 0.717) is 0 Å². The Labute approximate surface area is 74.2 Å². The Morgan fingerprint density at radius 3 is 2.82 bits per heavy atom. The first-order valence-corrected chi connectivity index (χ1v) is 4.90. The van der Waals surface area contributed by atoms with E-state index < -0.39 is 0 Å². The van der Waals surface area contributed by atoms with Crippen molar-refractivity contribution in [3.63, 3.8) is 0 Å². The van der Waals surface area contributed by atoms with Crippen molar-refractivity contribution in [2.75, 3.05) is 19.0 Å². The maximum absolute atomic E-state index is 5.37. The Balaban J connectivity index is 1.76. The van der Waals surface area contributed by atoms with E-state index in [-0.39, 0.29) is 0 Å². The van der Waals surface area contributed by atoms with Gasteiger partial charge in [0.2, 0.25) is 0 Å². The molecule has 0 atom stereocenters. The molecule has 0 spiro atoms. The topological polar surface area (TPSA) is 9.23 Å². The van der Waals surface area contributed by atoms with Crippen LogP contribution in [0.1, 0.15) is 19.3 Å². The summed E-state index contributed by atoms with van der Waals surface area (Å²) in [4.78, 5) is 0. The summed E-state index contributed by atoms with van der Waals surface area (Å²) in [5.41, 5.74) is 0. The molecule has 0 aromatic carbocycles. The summed E-state index contributed by atoms with van der Waals surface area (Å²) in [5.74, 6) is 1.80. The van der Waals surface area contributed by atoms with Gasteiger partial charge in [0, 0.05) is 12.4 Å². The fourth-order valence-corrected chi connectivity index (χ4v) is 1.10. The van der Waals surface area contributed by atoms with Crippen LogP contribution in [0.15, 0.2) is 12.2 Å². The predicted octanol–water partition coefficient (Wildman–Crippen LogP) is 2.29. The van der Waals surface area contributed by atoms with Gasteiger partial charge < -0.3 is 4.74 Å². The average Bonchev–Trinajstić information content (AvgIpc) is 2.80. The van der Waals surface area contributed by atoms with E-state index in [4.69, 9.17) is 4.74 Å². The minimum atomic E-state index is 0.757. The maximum atomic E-state index is 5.37. The standard InChI is InChI=1S/C9H16OS/c11-8-2-1-6-10-7-5-9-3-4-9/h1-2,9,11H,3-8H2/b2-1+. The molecule has 0 saturated heterocycles. The Bertz CT molecular complexity index is 119. The quantitative estimate of drug-likeness (QED) is 0.367. The summed E-state index contributed by atoms with van der Waals surface area (Å²) in [5, 5.41) is 0. The van der Waals surface area contributed by atoms with Crippen molar-refractivity contribution in [2.45, 2.75) is 19.3 Å². The van der Waals surface area contributed by atoms with Crippen LogP contribution in [0.5, 0.6) is 0 Å². The minimum Gasteiger partial charge on any atom is -0.377 e. The number of thiol groups is 1. The lowest BCUT2D eigenvalue weighted by atomic mass is 10.3. The van der Waals surface area contributed by atoms with Crippen LogP contribution in [-0.4, -0.2) is 19.0 Å². The third kappa shape index (κ3) is 5.33. The van der Waals surface area contributed by atoms with Crippen LogP contribution in [-0.2, 0) is 4.74 Å². The third-order valence-electron chi connectivity index (χ3n) is 1.85. The van der Waals surface area contributed by atoms with Gasteiger partial charge in [0.25, 0.3) is 0 Å². The van der Waals surface area contributed by atoms with E-state index in [9.17, 15) is 0 Å². The molecule has 1 saturated carbocycles. The first-order chi connectivity index (χ1) is 5.43. The minimum absolute atomic E-state index is 0.757. The van der Waals surface area contributed by atoms with Gasteiger partial charge in [-0.25, -0.2) is 0 Å². The molecule has 0 aromatic rings. The molecule has 0 radical (unpaired) electrons. The van der Waals surface area contributed by atoms with E-state index in [1.54, 1.807) is 0 Å². The molecule has 0 unspecified atom stereocenters. The van der Waals surface area contributed by atoms with Crippen molar-refractivity contribution in [2.24, 2.45) is 5.92 Å². The average molecular weight is 172 g/mol. The van der Waals surface area contributed by atoms with Gasteiger partial charge in [-0.05, 0) is 12.3 Å². The van der Waals surface area contributed by atoms with Crippen LogP contribution in [0.2, 0.25) is 0 Å². The molecule has 1 rings (SSSR count). The lowest BCUT2D eigenvalue weighted by Gasteiger charge is -1.97. The lowest BCUT2D eigenvalue weighted by Crippen LogP contribution is -1.94.